The van der Waals surface area contributed by atoms with Crippen molar-refractivity contribution in [3.05, 3.63) is 99.0 Å². The minimum Gasteiger partial charge on any atom is -0.322 e. The third-order valence-electron chi connectivity index (χ3n) is 4.22. The van der Waals surface area contributed by atoms with E-state index in [-0.39, 0.29) is 20.0 Å². The molecule has 0 bridgehead atoms. The Morgan fingerprint density at radius 2 is 1.25 bits per heavy atom. The summed E-state index contributed by atoms with van der Waals surface area (Å²) in [5, 5.41) is 0.115. The third kappa shape index (κ3) is 4.69. The average Bonchev–Trinajstić information content (AvgIpc) is 2.66. The first-order valence-electron chi connectivity index (χ1n) is 8.32. The van der Waals surface area contributed by atoms with Gasteiger partial charge in [-0.05, 0) is 23.3 Å². The van der Waals surface area contributed by atoms with E-state index in [0.717, 1.165) is 5.56 Å². The fraction of sp³-hybridized carbons (Fsp3) is 0.100. The highest BCUT2D eigenvalue weighted by Crippen LogP contribution is 2.35. The van der Waals surface area contributed by atoms with E-state index in [0.29, 0.717) is 5.56 Å². The molecule has 0 aliphatic heterocycles. The van der Waals surface area contributed by atoms with Crippen molar-refractivity contribution in [2.24, 2.45) is 5.73 Å². The van der Waals surface area contributed by atoms with Gasteiger partial charge in [-0.25, -0.2) is 13.1 Å². The van der Waals surface area contributed by atoms with Gasteiger partial charge in [0.1, 0.15) is 4.90 Å². The Kier molecular flexibility index (Phi) is 6.65. The minimum absolute atomic E-state index is 0.0647. The van der Waals surface area contributed by atoms with E-state index in [1.807, 2.05) is 48.5 Å². The standard InChI is InChI=1S/C20H17Cl3N2O2S/c21-15-11-16(22)20(17(23)12-15)28(26,27)25-19(14-9-5-2-6-10-14)18(24)13-7-3-1-4-8-13/h1-12,18-19,25H,24H2/t18-,19-/m0/s1. The lowest BCUT2D eigenvalue weighted by molar-refractivity contribution is 0.504. The highest BCUT2D eigenvalue weighted by molar-refractivity contribution is 7.89. The van der Waals surface area contributed by atoms with Gasteiger partial charge in [-0.2, -0.15) is 0 Å². The Hall–Kier alpha value is -1.60. The number of nitrogens with two attached hydrogens (primary N) is 1. The van der Waals surface area contributed by atoms with E-state index in [1.165, 1.54) is 12.1 Å². The van der Waals surface area contributed by atoms with Crippen LogP contribution in [0.3, 0.4) is 0 Å². The molecule has 3 aromatic rings. The van der Waals surface area contributed by atoms with Crippen LogP contribution >= 0.6 is 34.8 Å². The van der Waals surface area contributed by atoms with Crippen LogP contribution < -0.4 is 10.5 Å². The first kappa shape index (κ1) is 21.1. The molecule has 0 saturated carbocycles. The van der Waals surface area contributed by atoms with E-state index in [1.54, 1.807) is 12.1 Å². The highest BCUT2D eigenvalue weighted by Gasteiger charge is 2.30. The lowest BCUT2D eigenvalue weighted by atomic mass is 9.95. The summed E-state index contributed by atoms with van der Waals surface area (Å²) < 4.78 is 28.9. The van der Waals surface area contributed by atoms with Crippen LogP contribution in [-0.2, 0) is 10.0 Å². The van der Waals surface area contributed by atoms with Gasteiger partial charge < -0.3 is 5.73 Å². The maximum atomic E-state index is 13.1. The monoisotopic (exact) mass is 454 g/mol. The van der Waals surface area contributed by atoms with E-state index in [2.05, 4.69) is 4.72 Å². The smallest absolute Gasteiger partial charge is 0.244 e. The molecule has 0 saturated heterocycles. The average molecular weight is 456 g/mol. The summed E-state index contributed by atoms with van der Waals surface area (Å²) in [4.78, 5) is -0.235. The maximum absolute atomic E-state index is 13.1. The molecule has 3 aromatic carbocycles. The van der Waals surface area contributed by atoms with Gasteiger partial charge in [0, 0.05) is 5.02 Å². The normalized spacial score (nSPS) is 13.9. The van der Waals surface area contributed by atoms with E-state index in [9.17, 15) is 8.42 Å². The molecule has 4 nitrogen and oxygen atoms in total. The molecule has 0 amide bonds. The predicted octanol–water partition coefficient (Wildman–Crippen LogP) is 5.37. The first-order valence-corrected chi connectivity index (χ1v) is 10.9. The number of hydrogen-bond acceptors (Lipinski definition) is 3. The number of halogens is 3. The van der Waals surface area contributed by atoms with Crippen molar-refractivity contribution in [1.82, 2.24) is 4.72 Å². The Balaban J connectivity index is 2.05. The third-order valence-corrected chi connectivity index (χ3v) is 6.80. The van der Waals surface area contributed by atoms with Crippen molar-refractivity contribution in [2.45, 2.75) is 17.0 Å². The van der Waals surface area contributed by atoms with Crippen LogP contribution in [0.5, 0.6) is 0 Å². The minimum atomic E-state index is -4.09. The molecule has 0 aromatic heterocycles. The Morgan fingerprint density at radius 1 is 0.786 bits per heavy atom. The number of benzene rings is 3. The summed E-state index contributed by atoms with van der Waals surface area (Å²) in [5.41, 5.74) is 7.94. The van der Waals surface area contributed by atoms with Crippen LogP contribution in [-0.4, -0.2) is 8.42 Å². The molecule has 3 rings (SSSR count). The SMILES string of the molecule is N[C@@H](c1ccccc1)[C@@H](NS(=O)(=O)c1c(Cl)cc(Cl)cc1Cl)c1ccccc1. The fourth-order valence-corrected chi connectivity index (χ4v) is 5.68. The van der Waals surface area contributed by atoms with Crippen molar-refractivity contribution < 1.29 is 8.42 Å². The van der Waals surface area contributed by atoms with Crippen LogP contribution in [0, 0.1) is 0 Å². The molecular formula is C20H17Cl3N2O2S. The highest BCUT2D eigenvalue weighted by atomic mass is 35.5. The molecule has 0 heterocycles. The predicted molar refractivity (Wildman–Crippen MR) is 114 cm³/mol. The zero-order valence-electron chi connectivity index (χ0n) is 14.5. The van der Waals surface area contributed by atoms with Crippen LogP contribution in [0.25, 0.3) is 0 Å². The second-order valence-corrected chi connectivity index (χ2v) is 9.05. The fourth-order valence-electron chi connectivity index (χ4n) is 2.89. The van der Waals surface area contributed by atoms with Crippen LogP contribution in [0.15, 0.2) is 77.7 Å². The molecule has 0 spiro atoms. The maximum Gasteiger partial charge on any atom is 0.244 e. The molecule has 3 N–H and O–H groups in total. The summed E-state index contributed by atoms with van der Waals surface area (Å²) in [6.45, 7) is 0. The van der Waals surface area contributed by atoms with E-state index < -0.39 is 22.1 Å². The summed E-state index contributed by atoms with van der Waals surface area (Å²) in [5.74, 6) is 0. The van der Waals surface area contributed by atoms with E-state index in [4.69, 9.17) is 40.5 Å². The van der Waals surface area contributed by atoms with Gasteiger partial charge in [0.2, 0.25) is 10.0 Å². The zero-order valence-corrected chi connectivity index (χ0v) is 17.6. The van der Waals surface area contributed by atoms with Gasteiger partial charge in [0.15, 0.2) is 0 Å². The van der Waals surface area contributed by atoms with Crippen LogP contribution in [0.2, 0.25) is 15.1 Å². The Bertz CT molecular complexity index is 1040. The van der Waals surface area contributed by atoms with Crippen LogP contribution in [0.1, 0.15) is 23.2 Å². The first-order chi connectivity index (χ1) is 13.3. The topological polar surface area (TPSA) is 72.2 Å². The molecule has 0 fully saturated rings. The van der Waals surface area contributed by atoms with Gasteiger partial charge in [0.25, 0.3) is 0 Å². The summed E-state index contributed by atoms with van der Waals surface area (Å²) in [6, 6.07) is 19.6. The summed E-state index contributed by atoms with van der Waals surface area (Å²) in [6.07, 6.45) is 0. The second kappa shape index (κ2) is 8.82. The van der Waals surface area contributed by atoms with Gasteiger partial charge in [-0.3, -0.25) is 0 Å². The van der Waals surface area contributed by atoms with Crippen molar-refractivity contribution in [3.63, 3.8) is 0 Å². The lowest BCUT2D eigenvalue weighted by Crippen LogP contribution is -2.36. The molecule has 0 unspecified atom stereocenters. The molecule has 146 valence electrons. The molecule has 8 heteroatoms. The van der Waals surface area contributed by atoms with Gasteiger partial charge in [0.05, 0.1) is 22.1 Å². The van der Waals surface area contributed by atoms with E-state index >= 15 is 0 Å². The van der Waals surface area contributed by atoms with Crippen molar-refractivity contribution in [2.75, 3.05) is 0 Å². The number of hydrogen-bond donors (Lipinski definition) is 2. The van der Waals surface area contributed by atoms with Crippen molar-refractivity contribution >= 4 is 44.8 Å². The zero-order chi connectivity index (χ0) is 20.3. The van der Waals surface area contributed by atoms with Crippen molar-refractivity contribution in [3.8, 4) is 0 Å². The molecular weight excluding hydrogens is 439 g/mol. The second-order valence-electron chi connectivity index (χ2n) is 6.14. The quantitative estimate of drug-likeness (QED) is 0.525. The number of rotatable bonds is 6. The molecule has 0 aliphatic carbocycles. The molecule has 0 radical (unpaired) electrons. The largest absolute Gasteiger partial charge is 0.322 e. The summed E-state index contributed by atoms with van der Waals surface area (Å²) in [7, 11) is -4.09. The Labute approximate surface area is 179 Å². The van der Waals surface area contributed by atoms with Crippen molar-refractivity contribution in [1.29, 1.82) is 0 Å². The molecule has 0 aliphatic rings. The van der Waals surface area contributed by atoms with Gasteiger partial charge >= 0.3 is 0 Å². The summed E-state index contributed by atoms with van der Waals surface area (Å²) >= 11 is 18.2. The Morgan fingerprint density at radius 3 is 1.75 bits per heavy atom. The van der Waals surface area contributed by atoms with Crippen LogP contribution in [0.4, 0.5) is 0 Å². The van der Waals surface area contributed by atoms with Gasteiger partial charge in [-0.1, -0.05) is 95.5 Å². The lowest BCUT2D eigenvalue weighted by Gasteiger charge is -2.26. The van der Waals surface area contributed by atoms with Gasteiger partial charge in [-0.15, -0.1) is 0 Å². The molecule has 2 atom stereocenters. The number of nitrogens with one attached hydrogen (secondary N) is 1. The molecule has 28 heavy (non-hydrogen) atoms. The number of sulfonamides is 1.